The average molecular weight is 338 g/mol. The van der Waals surface area contributed by atoms with Crippen molar-refractivity contribution in [3.63, 3.8) is 0 Å². The fraction of sp³-hybridized carbons (Fsp3) is 0.350. The summed E-state index contributed by atoms with van der Waals surface area (Å²) in [7, 11) is 0. The molecular formula is C20H22N2O3. The normalized spacial score (nSPS) is 19.0. The number of likely N-dealkylation sites (tertiary alicyclic amines) is 1. The molecular weight excluding hydrogens is 316 g/mol. The summed E-state index contributed by atoms with van der Waals surface area (Å²) in [4.78, 5) is 14.3. The number of amides is 1. The van der Waals surface area contributed by atoms with Crippen molar-refractivity contribution in [3.05, 3.63) is 60.2 Å². The van der Waals surface area contributed by atoms with E-state index in [1.807, 2.05) is 48.5 Å². The number of nitrogens with one attached hydrogen (secondary N) is 1. The monoisotopic (exact) mass is 338 g/mol. The van der Waals surface area contributed by atoms with Crippen molar-refractivity contribution in [3.8, 4) is 5.75 Å². The highest BCUT2D eigenvalue weighted by Gasteiger charge is 2.44. The Kier molecular flexibility index (Phi) is 4.32. The van der Waals surface area contributed by atoms with Gasteiger partial charge in [0.15, 0.2) is 0 Å². The summed E-state index contributed by atoms with van der Waals surface area (Å²) in [6.45, 7) is 3.31. The molecule has 0 bridgehead atoms. The fourth-order valence-corrected chi connectivity index (χ4v) is 3.68. The lowest BCUT2D eigenvalue weighted by Crippen LogP contribution is -2.49. The van der Waals surface area contributed by atoms with Gasteiger partial charge in [0.2, 0.25) is 0 Å². The van der Waals surface area contributed by atoms with Crippen LogP contribution in [-0.2, 0) is 10.3 Å². The van der Waals surface area contributed by atoms with E-state index in [0.29, 0.717) is 6.61 Å². The predicted octanol–water partition coefficient (Wildman–Crippen LogP) is 3.62. The van der Waals surface area contributed by atoms with Crippen molar-refractivity contribution >= 4 is 11.8 Å². The lowest BCUT2D eigenvalue weighted by molar-refractivity contribution is -0.0393. The lowest BCUT2D eigenvalue weighted by Gasteiger charge is -2.44. The molecule has 0 aromatic heterocycles. The van der Waals surface area contributed by atoms with Crippen LogP contribution in [0.15, 0.2) is 54.6 Å². The highest BCUT2D eigenvalue weighted by atomic mass is 16.6. The van der Waals surface area contributed by atoms with Crippen LogP contribution in [0, 0.1) is 0 Å². The van der Waals surface area contributed by atoms with Gasteiger partial charge >= 0.3 is 6.09 Å². The second-order valence-electron chi connectivity index (χ2n) is 6.56. The van der Waals surface area contributed by atoms with Gasteiger partial charge in [0, 0.05) is 38.0 Å². The van der Waals surface area contributed by atoms with Crippen molar-refractivity contribution in [1.29, 1.82) is 0 Å². The number of hydrogen-bond acceptors (Lipinski definition) is 4. The van der Waals surface area contributed by atoms with E-state index in [1.54, 1.807) is 0 Å². The van der Waals surface area contributed by atoms with Crippen LogP contribution in [0.3, 0.4) is 0 Å². The third-order valence-corrected chi connectivity index (χ3v) is 5.03. The SMILES string of the molecule is O=C1Nc2ccccc2C2(CCN(CCOc3ccccc3)CC2)O1. The number of para-hydroxylation sites is 2. The smallest absolute Gasteiger partial charge is 0.412 e. The summed E-state index contributed by atoms with van der Waals surface area (Å²) in [5, 5.41) is 2.80. The van der Waals surface area contributed by atoms with Crippen molar-refractivity contribution in [2.24, 2.45) is 0 Å². The number of carbonyl (C=O) groups is 1. The molecule has 1 spiro atoms. The maximum absolute atomic E-state index is 11.9. The van der Waals surface area contributed by atoms with Crippen molar-refractivity contribution < 1.29 is 14.3 Å². The highest BCUT2D eigenvalue weighted by Crippen LogP contribution is 2.43. The number of carbonyl (C=O) groups excluding carboxylic acids is 1. The van der Waals surface area contributed by atoms with E-state index in [4.69, 9.17) is 9.47 Å². The van der Waals surface area contributed by atoms with E-state index in [9.17, 15) is 4.79 Å². The van der Waals surface area contributed by atoms with Gasteiger partial charge in [-0.1, -0.05) is 36.4 Å². The van der Waals surface area contributed by atoms with Gasteiger partial charge < -0.3 is 9.47 Å². The molecule has 5 heteroatoms. The van der Waals surface area contributed by atoms with Crippen LogP contribution in [0.1, 0.15) is 18.4 Å². The summed E-state index contributed by atoms with van der Waals surface area (Å²) >= 11 is 0. The Bertz CT molecular complexity index is 740. The zero-order valence-electron chi connectivity index (χ0n) is 14.1. The first-order valence-electron chi connectivity index (χ1n) is 8.75. The number of nitrogens with zero attached hydrogens (tertiary/aromatic N) is 1. The minimum Gasteiger partial charge on any atom is -0.492 e. The first kappa shape index (κ1) is 16.0. The molecule has 0 saturated carbocycles. The summed E-state index contributed by atoms with van der Waals surface area (Å²) < 4.78 is 11.5. The summed E-state index contributed by atoms with van der Waals surface area (Å²) in [5.41, 5.74) is 1.48. The van der Waals surface area contributed by atoms with Crippen LogP contribution in [0.5, 0.6) is 5.75 Å². The van der Waals surface area contributed by atoms with Crippen LogP contribution >= 0.6 is 0 Å². The van der Waals surface area contributed by atoms with E-state index in [0.717, 1.165) is 49.5 Å². The minimum absolute atomic E-state index is 0.348. The minimum atomic E-state index is -0.490. The molecule has 0 atom stereocenters. The lowest BCUT2D eigenvalue weighted by atomic mass is 9.82. The summed E-state index contributed by atoms with van der Waals surface area (Å²) in [6, 6.07) is 17.8. The number of piperidine rings is 1. The molecule has 2 aliphatic rings. The van der Waals surface area contributed by atoms with E-state index >= 15 is 0 Å². The van der Waals surface area contributed by atoms with Crippen LogP contribution in [0.2, 0.25) is 0 Å². The molecule has 0 aliphatic carbocycles. The Morgan fingerprint density at radius 3 is 2.56 bits per heavy atom. The molecule has 2 heterocycles. The van der Waals surface area contributed by atoms with Crippen LogP contribution in [0.4, 0.5) is 10.5 Å². The first-order valence-corrected chi connectivity index (χ1v) is 8.75. The molecule has 1 N–H and O–H groups in total. The Morgan fingerprint density at radius 1 is 1.04 bits per heavy atom. The Labute approximate surface area is 147 Å². The van der Waals surface area contributed by atoms with Gasteiger partial charge in [-0.25, -0.2) is 4.79 Å². The van der Waals surface area contributed by atoms with Crippen LogP contribution in [-0.4, -0.2) is 37.2 Å². The largest absolute Gasteiger partial charge is 0.492 e. The van der Waals surface area contributed by atoms with Crippen molar-refractivity contribution in [1.82, 2.24) is 4.90 Å². The third-order valence-electron chi connectivity index (χ3n) is 5.03. The fourth-order valence-electron chi connectivity index (χ4n) is 3.68. The molecule has 1 amide bonds. The number of benzene rings is 2. The molecule has 130 valence electrons. The molecule has 0 radical (unpaired) electrons. The molecule has 2 aromatic rings. The molecule has 1 fully saturated rings. The van der Waals surface area contributed by atoms with Gasteiger partial charge in [0.05, 0.1) is 5.69 Å². The second-order valence-corrected chi connectivity index (χ2v) is 6.56. The van der Waals surface area contributed by atoms with Gasteiger partial charge in [-0.15, -0.1) is 0 Å². The second kappa shape index (κ2) is 6.76. The Morgan fingerprint density at radius 2 is 1.76 bits per heavy atom. The number of rotatable bonds is 4. The van der Waals surface area contributed by atoms with E-state index in [2.05, 4.69) is 16.3 Å². The third kappa shape index (κ3) is 3.33. The number of fused-ring (bicyclic) bond motifs is 2. The standard InChI is InChI=1S/C20H22N2O3/c23-19-21-18-9-5-4-8-17(18)20(25-19)10-12-22(13-11-20)14-15-24-16-6-2-1-3-7-16/h1-9H,10-15H2,(H,21,23). The molecule has 2 aliphatic heterocycles. The molecule has 5 nitrogen and oxygen atoms in total. The van der Waals surface area contributed by atoms with Crippen LogP contribution in [0.25, 0.3) is 0 Å². The molecule has 2 aromatic carbocycles. The molecule has 4 rings (SSSR count). The number of ether oxygens (including phenoxy) is 2. The van der Waals surface area contributed by atoms with Crippen molar-refractivity contribution in [2.75, 3.05) is 31.6 Å². The topological polar surface area (TPSA) is 50.8 Å². The van der Waals surface area contributed by atoms with Crippen molar-refractivity contribution in [2.45, 2.75) is 18.4 Å². The maximum Gasteiger partial charge on any atom is 0.412 e. The molecule has 1 saturated heterocycles. The van der Waals surface area contributed by atoms with E-state index in [1.165, 1.54) is 0 Å². The predicted molar refractivity (Wildman–Crippen MR) is 95.8 cm³/mol. The van der Waals surface area contributed by atoms with Gasteiger partial charge in [0.25, 0.3) is 0 Å². The molecule has 25 heavy (non-hydrogen) atoms. The van der Waals surface area contributed by atoms with E-state index in [-0.39, 0.29) is 6.09 Å². The summed E-state index contributed by atoms with van der Waals surface area (Å²) in [5.74, 6) is 0.900. The quantitative estimate of drug-likeness (QED) is 0.925. The van der Waals surface area contributed by atoms with Gasteiger partial charge in [-0.05, 0) is 18.2 Å². The van der Waals surface area contributed by atoms with E-state index < -0.39 is 5.60 Å². The van der Waals surface area contributed by atoms with Gasteiger partial charge in [-0.3, -0.25) is 10.2 Å². The zero-order valence-corrected chi connectivity index (χ0v) is 14.1. The average Bonchev–Trinajstić information content (AvgIpc) is 2.64. The summed E-state index contributed by atoms with van der Waals surface area (Å²) in [6.07, 6.45) is 1.27. The first-order chi connectivity index (χ1) is 12.3. The van der Waals surface area contributed by atoms with Gasteiger partial charge in [0.1, 0.15) is 18.0 Å². The molecule has 0 unspecified atom stereocenters. The Balaban J connectivity index is 1.36. The highest BCUT2D eigenvalue weighted by molar-refractivity contribution is 5.88. The van der Waals surface area contributed by atoms with Gasteiger partial charge in [-0.2, -0.15) is 0 Å². The van der Waals surface area contributed by atoms with Crippen LogP contribution < -0.4 is 10.1 Å². The maximum atomic E-state index is 11.9. The number of anilines is 1. The zero-order chi connectivity index (χ0) is 17.1. The number of hydrogen-bond donors (Lipinski definition) is 1. The Hall–Kier alpha value is -2.53.